The third kappa shape index (κ3) is 7.56. The highest BCUT2D eigenvalue weighted by molar-refractivity contribution is 5.74. The summed E-state index contributed by atoms with van der Waals surface area (Å²) in [5.74, 6) is -0.257. The van der Waals surface area contributed by atoms with Crippen LogP contribution in [0.4, 0.5) is 0 Å². The van der Waals surface area contributed by atoms with Gasteiger partial charge in [0, 0.05) is 6.42 Å². The van der Waals surface area contributed by atoms with Crippen molar-refractivity contribution >= 4 is 5.97 Å². The van der Waals surface area contributed by atoms with Crippen molar-refractivity contribution in [1.82, 2.24) is 0 Å². The first-order valence-corrected chi connectivity index (χ1v) is 8.12. The van der Waals surface area contributed by atoms with Gasteiger partial charge in [-0.15, -0.1) is 0 Å². The normalized spacial score (nSPS) is 22.7. The predicted molar refractivity (Wildman–Crippen MR) is 76.7 cm³/mol. The van der Waals surface area contributed by atoms with Crippen molar-refractivity contribution < 1.29 is 14.6 Å². The first-order valence-electron chi connectivity index (χ1n) is 8.12. The molecule has 0 amide bonds. The minimum atomic E-state index is -0.847. The fourth-order valence-corrected chi connectivity index (χ4v) is 2.73. The highest BCUT2D eigenvalue weighted by atomic mass is 16.6. The predicted octanol–water partition coefficient (Wildman–Crippen LogP) is 4.18. The summed E-state index contributed by atoms with van der Waals surface area (Å²) in [6.45, 7) is 2.25. The van der Waals surface area contributed by atoms with E-state index in [2.05, 4.69) is 6.92 Å². The lowest BCUT2D eigenvalue weighted by atomic mass is 9.98. The Morgan fingerprint density at radius 3 is 2.00 bits per heavy atom. The molecule has 2 unspecified atom stereocenters. The maximum atomic E-state index is 11.3. The topological polar surface area (TPSA) is 46.5 Å². The molecule has 1 heterocycles. The quantitative estimate of drug-likeness (QED) is 0.452. The molecule has 3 heteroatoms. The summed E-state index contributed by atoms with van der Waals surface area (Å²) in [5.41, 5.74) is 0. The van der Waals surface area contributed by atoms with E-state index in [1.54, 1.807) is 0 Å². The molecular formula is C16H30O3. The maximum Gasteiger partial charge on any atom is 0.311 e. The molecule has 1 N–H and O–H groups in total. The van der Waals surface area contributed by atoms with Gasteiger partial charge in [0.05, 0.1) is 5.92 Å². The maximum absolute atomic E-state index is 11.3. The van der Waals surface area contributed by atoms with Crippen molar-refractivity contribution in [2.75, 3.05) is 0 Å². The van der Waals surface area contributed by atoms with Crippen LogP contribution < -0.4 is 0 Å². The number of rotatable bonds is 11. The lowest BCUT2D eigenvalue weighted by Crippen LogP contribution is -2.07. The number of aliphatic hydroxyl groups is 1. The van der Waals surface area contributed by atoms with E-state index in [1.165, 1.54) is 57.8 Å². The average molecular weight is 270 g/mol. The van der Waals surface area contributed by atoms with Crippen LogP contribution >= 0.6 is 0 Å². The van der Waals surface area contributed by atoms with E-state index < -0.39 is 6.29 Å². The second-order valence-corrected chi connectivity index (χ2v) is 5.79. The third-order valence-corrected chi connectivity index (χ3v) is 3.98. The number of esters is 1. The van der Waals surface area contributed by atoms with Crippen LogP contribution in [0.25, 0.3) is 0 Å². The highest BCUT2D eigenvalue weighted by Crippen LogP contribution is 2.25. The molecule has 0 aliphatic carbocycles. The molecule has 1 aliphatic heterocycles. The third-order valence-electron chi connectivity index (χ3n) is 3.98. The molecule has 0 aromatic carbocycles. The number of aliphatic hydroxyl groups excluding tert-OH is 1. The number of hydrogen-bond acceptors (Lipinski definition) is 3. The molecule has 0 bridgehead atoms. The van der Waals surface area contributed by atoms with Gasteiger partial charge in [0.25, 0.3) is 0 Å². The Labute approximate surface area is 117 Å². The number of unbranched alkanes of at least 4 members (excludes halogenated alkanes) is 9. The first kappa shape index (κ1) is 16.5. The molecule has 1 rings (SSSR count). The average Bonchev–Trinajstić information content (AvgIpc) is 2.70. The standard InChI is InChI=1S/C16H30O3/c1-2-3-4-5-6-7-8-9-10-11-12-14-13-15(17)19-16(14)18/h14-15,17H,2-13H2,1H3. The lowest BCUT2D eigenvalue weighted by molar-refractivity contribution is -0.155. The van der Waals surface area contributed by atoms with Gasteiger partial charge in [-0.2, -0.15) is 0 Å². The fraction of sp³-hybridized carbons (Fsp3) is 0.938. The summed E-state index contributed by atoms with van der Waals surface area (Å²) < 4.78 is 4.73. The van der Waals surface area contributed by atoms with Gasteiger partial charge in [0.15, 0.2) is 0 Å². The molecule has 0 aromatic heterocycles. The van der Waals surface area contributed by atoms with Crippen LogP contribution in [-0.2, 0) is 9.53 Å². The van der Waals surface area contributed by atoms with Gasteiger partial charge in [-0.05, 0) is 6.42 Å². The summed E-state index contributed by atoms with van der Waals surface area (Å²) in [5, 5.41) is 9.19. The van der Waals surface area contributed by atoms with E-state index in [9.17, 15) is 9.90 Å². The zero-order chi connectivity index (χ0) is 13.9. The van der Waals surface area contributed by atoms with E-state index in [4.69, 9.17) is 4.74 Å². The number of ether oxygens (including phenoxy) is 1. The van der Waals surface area contributed by atoms with Gasteiger partial charge < -0.3 is 9.84 Å². The lowest BCUT2D eigenvalue weighted by Gasteiger charge is -2.05. The van der Waals surface area contributed by atoms with Gasteiger partial charge in [-0.25, -0.2) is 0 Å². The molecule has 1 aliphatic rings. The van der Waals surface area contributed by atoms with Crippen molar-refractivity contribution in [3.8, 4) is 0 Å². The highest BCUT2D eigenvalue weighted by Gasteiger charge is 2.32. The summed E-state index contributed by atoms with van der Waals surface area (Å²) >= 11 is 0. The minimum Gasteiger partial charge on any atom is -0.436 e. The molecule has 1 fully saturated rings. The molecule has 0 radical (unpaired) electrons. The fourth-order valence-electron chi connectivity index (χ4n) is 2.73. The van der Waals surface area contributed by atoms with Crippen LogP contribution in [0.15, 0.2) is 0 Å². The second kappa shape index (κ2) is 10.2. The van der Waals surface area contributed by atoms with E-state index in [-0.39, 0.29) is 11.9 Å². The Morgan fingerprint density at radius 2 is 1.53 bits per heavy atom. The monoisotopic (exact) mass is 270 g/mol. The van der Waals surface area contributed by atoms with Crippen LogP contribution in [0.5, 0.6) is 0 Å². The molecule has 3 nitrogen and oxygen atoms in total. The zero-order valence-corrected chi connectivity index (χ0v) is 12.4. The first-order chi connectivity index (χ1) is 9.24. The van der Waals surface area contributed by atoms with E-state index in [0.29, 0.717) is 6.42 Å². The number of cyclic esters (lactones) is 1. The Bertz CT molecular complexity index is 240. The van der Waals surface area contributed by atoms with Crippen LogP contribution in [0.1, 0.15) is 84.0 Å². The Morgan fingerprint density at radius 1 is 1.00 bits per heavy atom. The van der Waals surface area contributed by atoms with Gasteiger partial charge >= 0.3 is 5.97 Å². The minimum absolute atomic E-state index is 0.0518. The summed E-state index contributed by atoms with van der Waals surface area (Å²) in [6.07, 6.45) is 13.6. The van der Waals surface area contributed by atoms with Crippen LogP contribution in [0.2, 0.25) is 0 Å². The number of carbonyl (C=O) groups excluding carboxylic acids is 1. The van der Waals surface area contributed by atoms with Crippen molar-refractivity contribution in [3.05, 3.63) is 0 Å². The SMILES string of the molecule is CCCCCCCCCCCCC1CC(O)OC1=O. The molecule has 1 saturated heterocycles. The number of carbonyl (C=O) groups is 1. The second-order valence-electron chi connectivity index (χ2n) is 5.79. The van der Waals surface area contributed by atoms with Gasteiger partial charge in [-0.1, -0.05) is 71.1 Å². The molecule has 0 saturated carbocycles. The van der Waals surface area contributed by atoms with Gasteiger partial charge in [-0.3, -0.25) is 4.79 Å². The Hall–Kier alpha value is -0.570. The smallest absolute Gasteiger partial charge is 0.311 e. The number of hydrogen-bond donors (Lipinski definition) is 1. The summed E-state index contributed by atoms with van der Waals surface area (Å²) in [7, 11) is 0. The van der Waals surface area contributed by atoms with Crippen LogP contribution in [-0.4, -0.2) is 17.4 Å². The molecular weight excluding hydrogens is 240 g/mol. The van der Waals surface area contributed by atoms with Crippen LogP contribution in [0, 0.1) is 5.92 Å². The van der Waals surface area contributed by atoms with Crippen molar-refractivity contribution in [1.29, 1.82) is 0 Å². The Kier molecular flexibility index (Phi) is 8.89. The van der Waals surface area contributed by atoms with Crippen LogP contribution in [0.3, 0.4) is 0 Å². The summed E-state index contributed by atoms with van der Waals surface area (Å²) in [6, 6.07) is 0. The molecule has 0 spiro atoms. The van der Waals surface area contributed by atoms with E-state index in [0.717, 1.165) is 12.8 Å². The molecule has 0 aromatic rings. The van der Waals surface area contributed by atoms with E-state index >= 15 is 0 Å². The Balaban J connectivity index is 1.82. The molecule has 2 atom stereocenters. The van der Waals surface area contributed by atoms with Gasteiger partial charge in [0.2, 0.25) is 6.29 Å². The summed E-state index contributed by atoms with van der Waals surface area (Å²) in [4.78, 5) is 11.3. The van der Waals surface area contributed by atoms with Crippen molar-refractivity contribution in [2.24, 2.45) is 5.92 Å². The van der Waals surface area contributed by atoms with Crippen molar-refractivity contribution in [3.63, 3.8) is 0 Å². The molecule has 19 heavy (non-hydrogen) atoms. The zero-order valence-electron chi connectivity index (χ0n) is 12.4. The molecule has 112 valence electrons. The largest absolute Gasteiger partial charge is 0.436 e. The van der Waals surface area contributed by atoms with Gasteiger partial charge in [0.1, 0.15) is 0 Å². The van der Waals surface area contributed by atoms with E-state index in [1.807, 2.05) is 0 Å². The van der Waals surface area contributed by atoms with Crippen molar-refractivity contribution in [2.45, 2.75) is 90.3 Å².